The fraction of sp³-hybridized carbons (Fsp3) is 0.286. The van der Waals surface area contributed by atoms with Crippen LogP contribution in [-0.4, -0.2) is 47.3 Å². The number of nitrogens with one attached hydrogen (secondary N) is 1. The van der Waals surface area contributed by atoms with Crippen molar-refractivity contribution in [2.24, 2.45) is 0 Å². The van der Waals surface area contributed by atoms with E-state index in [-0.39, 0.29) is 11.9 Å². The highest BCUT2D eigenvalue weighted by Gasteiger charge is 2.30. The Morgan fingerprint density at radius 2 is 1.96 bits per heavy atom. The molecule has 1 saturated carbocycles. The van der Waals surface area contributed by atoms with Gasteiger partial charge in [0.1, 0.15) is 11.5 Å². The van der Waals surface area contributed by atoms with Crippen LogP contribution in [-0.2, 0) is 16.0 Å². The molecule has 3 aromatic rings. The third-order valence-electron chi connectivity index (χ3n) is 4.95. The zero-order valence-corrected chi connectivity index (χ0v) is 15.5. The van der Waals surface area contributed by atoms with Gasteiger partial charge in [0, 0.05) is 31.7 Å². The summed E-state index contributed by atoms with van der Waals surface area (Å²) in [4.78, 5) is 34.5. The topological polar surface area (TPSA) is 69.3 Å². The fourth-order valence-electron chi connectivity index (χ4n) is 3.21. The summed E-state index contributed by atoms with van der Waals surface area (Å²) in [6.45, 7) is 0. The molecule has 1 aliphatic carbocycles. The summed E-state index contributed by atoms with van der Waals surface area (Å²) >= 11 is 0. The van der Waals surface area contributed by atoms with Crippen molar-refractivity contribution in [3.05, 3.63) is 48.2 Å². The Morgan fingerprint density at radius 3 is 2.59 bits per heavy atom. The van der Waals surface area contributed by atoms with Gasteiger partial charge in [0.25, 0.3) is 0 Å². The van der Waals surface area contributed by atoms with Crippen molar-refractivity contribution >= 4 is 29.2 Å². The highest BCUT2D eigenvalue weighted by molar-refractivity contribution is 5.96. The molecule has 1 N–H and O–H groups in total. The molecule has 0 atom stereocenters. The number of fused-ring (bicyclic) bond motifs is 1. The van der Waals surface area contributed by atoms with E-state index >= 15 is 0 Å². The average Bonchev–Trinajstić information content (AvgIpc) is 3.38. The molecule has 2 amide bonds. The van der Waals surface area contributed by atoms with Crippen molar-refractivity contribution in [1.29, 1.82) is 0 Å². The first-order valence-electron chi connectivity index (χ1n) is 9.08. The summed E-state index contributed by atoms with van der Waals surface area (Å²) < 4.78 is 0. The number of carbonyl (C=O) groups excluding carboxylic acids is 2. The third-order valence-corrected chi connectivity index (χ3v) is 4.95. The van der Waals surface area contributed by atoms with Crippen molar-refractivity contribution in [3.63, 3.8) is 0 Å². The van der Waals surface area contributed by atoms with E-state index in [2.05, 4.69) is 9.97 Å². The number of hydrogen-bond acceptors (Lipinski definition) is 3. The Hall–Kier alpha value is -3.15. The number of carbonyl (C=O) groups is 2. The van der Waals surface area contributed by atoms with Gasteiger partial charge in [0.05, 0.1) is 6.42 Å². The number of H-pyrrole nitrogens is 1. The zero-order valence-electron chi connectivity index (χ0n) is 15.5. The quantitative estimate of drug-likeness (QED) is 0.686. The van der Waals surface area contributed by atoms with Gasteiger partial charge in [0.2, 0.25) is 12.3 Å². The largest absolute Gasteiger partial charge is 0.349 e. The Balaban J connectivity index is 1.71. The second kappa shape index (κ2) is 6.87. The summed E-state index contributed by atoms with van der Waals surface area (Å²) in [7, 11) is 3.52. The summed E-state index contributed by atoms with van der Waals surface area (Å²) in [6.07, 6.45) is 5.15. The van der Waals surface area contributed by atoms with Crippen molar-refractivity contribution < 1.29 is 9.59 Å². The predicted molar refractivity (Wildman–Crippen MR) is 105 cm³/mol. The molecule has 6 heteroatoms. The van der Waals surface area contributed by atoms with Gasteiger partial charge in [-0.1, -0.05) is 24.3 Å². The number of pyridine rings is 1. The number of hydrogen-bond donors (Lipinski definition) is 1. The fourth-order valence-corrected chi connectivity index (χ4v) is 3.21. The predicted octanol–water partition coefficient (Wildman–Crippen LogP) is 2.99. The van der Waals surface area contributed by atoms with Gasteiger partial charge >= 0.3 is 0 Å². The minimum absolute atomic E-state index is 0.0769. The molecule has 4 rings (SSSR count). The molecule has 0 unspecified atom stereocenters. The zero-order chi connectivity index (χ0) is 19.0. The molecule has 6 nitrogen and oxygen atoms in total. The average molecular weight is 362 g/mol. The van der Waals surface area contributed by atoms with E-state index in [1.807, 2.05) is 42.6 Å². The second-order valence-corrected chi connectivity index (χ2v) is 7.17. The monoisotopic (exact) mass is 362 g/mol. The van der Waals surface area contributed by atoms with Crippen molar-refractivity contribution in [1.82, 2.24) is 14.9 Å². The van der Waals surface area contributed by atoms with Crippen LogP contribution in [0.4, 0.5) is 5.82 Å². The number of nitrogens with zero attached hydrogens (tertiary/aromatic N) is 3. The maximum atomic E-state index is 11.9. The van der Waals surface area contributed by atoms with Crippen LogP contribution in [0.3, 0.4) is 0 Å². The van der Waals surface area contributed by atoms with Gasteiger partial charge in [-0.15, -0.1) is 0 Å². The highest BCUT2D eigenvalue weighted by atomic mass is 16.2. The van der Waals surface area contributed by atoms with E-state index in [9.17, 15) is 9.59 Å². The molecule has 0 spiro atoms. The normalized spacial score (nSPS) is 13.6. The van der Waals surface area contributed by atoms with Crippen LogP contribution < -0.4 is 4.90 Å². The minimum Gasteiger partial charge on any atom is -0.349 e. The van der Waals surface area contributed by atoms with Crippen LogP contribution in [0, 0.1) is 0 Å². The Labute approximate surface area is 157 Å². The minimum atomic E-state index is 0.0769. The Morgan fingerprint density at radius 1 is 1.22 bits per heavy atom. The van der Waals surface area contributed by atoms with Gasteiger partial charge in [0.15, 0.2) is 0 Å². The van der Waals surface area contributed by atoms with E-state index in [0.29, 0.717) is 12.2 Å². The van der Waals surface area contributed by atoms with Crippen LogP contribution in [0.2, 0.25) is 0 Å². The SMILES string of the molecule is CN(C)C(=O)Cc1ccc(-c2cc(N(C=O)C3CC3)nc3[nH]ccc23)cc1. The van der Waals surface area contributed by atoms with Gasteiger partial charge < -0.3 is 9.88 Å². The van der Waals surface area contributed by atoms with Crippen LogP contribution in [0.15, 0.2) is 42.6 Å². The highest BCUT2D eigenvalue weighted by Crippen LogP contribution is 2.35. The van der Waals surface area contributed by atoms with Crippen LogP contribution in [0.5, 0.6) is 0 Å². The molecule has 27 heavy (non-hydrogen) atoms. The van der Waals surface area contributed by atoms with Gasteiger partial charge in [-0.3, -0.25) is 14.5 Å². The molecule has 1 aromatic carbocycles. The Bertz CT molecular complexity index is 987. The first-order chi connectivity index (χ1) is 13.1. The van der Waals surface area contributed by atoms with Crippen molar-refractivity contribution in [3.8, 4) is 11.1 Å². The molecular weight excluding hydrogens is 340 g/mol. The lowest BCUT2D eigenvalue weighted by molar-refractivity contribution is -0.127. The van der Waals surface area contributed by atoms with Crippen molar-refractivity contribution in [2.45, 2.75) is 25.3 Å². The van der Waals surface area contributed by atoms with Crippen LogP contribution in [0.1, 0.15) is 18.4 Å². The summed E-state index contributed by atoms with van der Waals surface area (Å²) in [5, 5.41) is 1.01. The Kier molecular flexibility index (Phi) is 4.39. The van der Waals surface area contributed by atoms with Gasteiger partial charge in [-0.2, -0.15) is 0 Å². The number of anilines is 1. The molecule has 1 aliphatic rings. The van der Waals surface area contributed by atoms with E-state index in [4.69, 9.17) is 0 Å². The first kappa shape index (κ1) is 17.3. The first-order valence-corrected chi connectivity index (χ1v) is 9.08. The number of likely N-dealkylation sites (N-methyl/N-ethyl adjacent to an activating group) is 1. The maximum absolute atomic E-state index is 11.9. The molecule has 0 aliphatic heterocycles. The summed E-state index contributed by atoms with van der Waals surface area (Å²) in [5.74, 6) is 0.748. The number of rotatable bonds is 6. The molecule has 2 aromatic heterocycles. The standard InChI is InChI=1S/C21H22N4O2/c1-24(2)20(27)11-14-3-5-15(6-4-14)18-12-19(25(13-26)16-7-8-16)23-21-17(18)9-10-22-21/h3-6,9-10,12-13,16H,7-8,11H2,1-2H3,(H,22,23). The van der Waals surface area contributed by atoms with Gasteiger partial charge in [-0.25, -0.2) is 4.98 Å². The third kappa shape index (κ3) is 3.43. The van der Waals surface area contributed by atoms with E-state index in [0.717, 1.165) is 47.0 Å². The summed E-state index contributed by atoms with van der Waals surface area (Å²) in [6, 6.07) is 12.2. The number of aromatic amines is 1. The van der Waals surface area contributed by atoms with E-state index in [1.54, 1.807) is 23.9 Å². The molecule has 0 saturated heterocycles. The molecule has 138 valence electrons. The molecular formula is C21H22N4O2. The lowest BCUT2D eigenvalue weighted by atomic mass is 10.0. The number of aromatic nitrogens is 2. The van der Waals surface area contributed by atoms with Crippen molar-refractivity contribution in [2.75, 3.05) is 19.0 Å². The number of benzene rings is 1. The lowest BCUT2D eigenvalue weighted by Crippen LogP contribution is -2.24. The smallest absolute Gasteiger partial charge is 0.226 e. The number of amides is 2. The van der Waals surface area contributed by atoms with Gasteiger partial charge in [-0.05, 0) is 41.7 Å². The lowest BCUT2D eigenvalue weighted by Gasteiger charge is -2.17. The second-order valence-electron chi connectivity index (χ2n) is 7.17. The van der Waals surface area contributed by atoms with Crippen LogP contribution in [0.25, 0.3) is 22.2 Å². The maximum Gasteiger partial charge on any atom is 0.226 e. The molecule has 0 bridgehead atoms. The van der Waals surface area contributed by atoms with Crippen LogP contribution >= 0.6 is 0 Å². The molecule has 2 heterocycles. The summed E-state index contributed by atoms with van der Waals surface area (Å²) in [5.41, 5.74) is 3.80. The van der Waals surface area contributed by atoms with E-state index in [1.165, 1.54) is 0 Å². The molecule has 0 radical (unpaired) electrons. The van der Waals surface area contributed by atoms with E-state index < -0.39 is 0 Å². The molecule has 1 fully saturated rings.